The second-order valence-corrected chi connectivity index (χ2v) is 6.03. The third-order valence-electron chi connectivity index (χ3n) is 4.39. The first-order valence-corrected chi connectivity index (χ1v) is 8.31. The summed E-state index contributed by atoms with van der Waals surface area (Å²) < 4.78 is 0. The molecule has 3 aromatic rings. The van der Waals surface area contributed by atoms with Gasteiger partial charge in [-0.3, -0.25) is 4.79 Å². The number of aromatic nitrogens is 4. The summed E-state index contributed by atoms with van der Waals surface area (Å²) in [6.07, 6.45) is 4.04. The standard InChI is InChI=1S/C18H18N6O/c1-23(15-9-6-10-19-17(15)24-11-4-5-12-24)18(25)16-20-13-7-2-3-8-14(13)21-22-16/h2-3,6-10H,4-5,11-12H2,1H3. The van der Waals surface area contributed by atoms with Gasteiger partial charge in [-0.15, -0.1) is 10.2 Å². The van der Waals surface area contributed by atoms with E-state index in [4.69, 9.17) is 0 Å². The number of benzene rings is 1. The molecule has 0 aliphatic carbocycles. The highest BCUT2D eigenvalue weighted by Crippen LogP contribution is 2.29. The topological polar surface area (TPSA) is 75.1 Å². The molecule has 0 spiro atoms. The van der Waals surface area contributed by atoms with Crippen molar-refractivity contribution < 1.29 is 4.79 Å². The maximum absolute atomic E-state index is 12.9. The molecule has 1 aliphatic heterocycles. The molecule has 4 rings (SSSR count). The maximum Gasteiger partial charge on any atom is 0.297 e. The third-order valence-corrected chi connectivity index (χ3v) is 4.39. The average Bonchev–Trinajstić information content (AvgIpc) is 3.21. The first-order chi connectivity index (χ1) is 12.2. The van der Waals surface area contributed by atoms with E-state index in [0.29, 0.717) is 11.0 Å². The lowest BCUT2D eigenvalue weighted by Crippen LogP contribution is -2.31. The van der Waals surface area contributed by atoms with E-state index in [9.17, 15) is 4.79 Å². The maximum atomic E-state index is 12.9. The van der Waals surface area contributed by atoms with E-state index >= 15 is 0 Å². The molecule has 2 aromatic heterocycles. The molecule has 0 radical (unpaired) electrons. The number of carbonyl (C=O) groups is 1. The van der Waals surface area contributed by atoms with Crippen molar-refractivity contribution in [3.05, 3.63) is 48.4 Å². The Morgan fingerprint density at radius 3 is 2.60 bits per heavy atom. The highest BCUT2D eigenvalue weighted by atomic mass is 16.2. The number of rotatable bonds is 3. The molecule has 1 fully saturated rings. The lowest BCUT2D eigenvalue weighted by Gasteiger charge is -2.24. The van der Waals surface area contributed by atoms with Crippen molar-refractivity contribution in [3.63, 3.8) is 0 Å². The largest absolute Gasteiger partial charge is 0.355 e. The van der Waals surface area contributed by atoms with E-state index < -0.39 is 0 Å². The summed E-state index contributed by atoms with van der Waals surface area (Å²) in [5.74, 6) is 0.605. The molecule has 1 aliphatic rings. The van der Waals surface area contributed by atoms with Crippen LogP contribution in [-0.4, -0.2) is 46.2 Å². The minimum atomic E-state index is -0.299. The molecular weight excluding hydrogens is 316 g/mol. The molecule has 3 heterocycles. The van der Waals surface area contributed by atoms with Crippen LogP contribution in [0.2, 0.25) is 0 Å². The summed E-state index contributed by atoms with van der Waals surface area (Å²) in [6.45, 7) is 1.92. The fourth-order valence-corrected chi connectivity index (χ4v) is 3.05. The van der Waals surface area contributed by atoms with Crippen molar-refractivity contribution in [3.8, 4) is 0 Å². The van der Waals surface area contributed by atoms with Crippen LogP contribution in [0.15, 0.2) is 42.6 Å². The minimum Gasteiger partial charge on any atom is -0.355 e. The van der Waals surface area contributed by atoms with Crippen molar-refractivity contribution in [1.82, 2.24) is 20.2 Å². The van der Waals surface area contributed by atoms with E-state index in [1.807, 2.05) is 36.4 Å². The Labute approximate surface area is 145 Å². The summed E-state index contributed by atoms with van der Waals surface area (Å²) in [5.41, 5.74) is 2.08. The van der Waals surface area contributed by atoms with Gasteiger partial charge in [0.15, 0.2) is 5.82 Å². The number of anilines is 2. The molecule has 1 amide bonds. The molecule has 7 heteroatoms. The van der Waals surface area contributed by atoms with Crippen LogP contribution in [0, 0.1) is 0 Å². The van der Waals surface area contributed by atoms with Crippen molar-refractivity contribution >= 4 is 28.4 Å². The highest BCUT2D eigenvalue weighted by Gasteiger charge is 2.24. The number of hydrogen-bond acceptors (Lipinski definition) is 6. The molecule has 7 nitrogen and oxygen atoms in total. The number of pyridine rings is 1. The lowest BCUT2D eigenvalue weighted by molar-refractivity contribution is 0.0982. The highest BCUT2D eigenvalue weighted by molar-refractivity contribution is 6.05. The van der Waals surface area contributed by atoms with E-state index in [1.165, 1.54) is 0 Å². The normalized spacial score (nSPS) is 14.0. The predicted molar refractivity (Wildman–Crippen MR) is 95.8 cm³/mol. The molecule has 0 bridgehead atoms. The Morgan fingerprint density at radius 1 is 1.04 bits per heavy atom. The van der Waals surface area contributed by atoms with Gasteiger partial charge in [0.05, 0.1) is 11.2 Å². The van der Waals surface area contributed by atoms with Crippen LogP contribution in [-0.2, 0) is 0 Å². The van der Waals surface area contributed by atoms with Gasteiger partial charge in [-0.05, 0) is 37.1 Å². The van der Waals surface area contributed by atoms with E-state index in [0.717, 1.165) is 37.4 Å². The van der Waals surface area contributed by atoms with Crippen molar-refractivity contribution in [2.45, 2.75) is 12.8 Å². The number of nitrogens with zero attached hydrogens (tertiary/aromatic N) is 6. The van der Waals surface area contributed by atoms with Gasteiger partial charge in [0.1, 0.15) is 5.52 Å². The van der Waals surface area contributed by atoms with E-state index in [1.54, 1.807) is 18.1 Å². The number of para-hydroxylation sites is 1. The Bertz CT molecular complexity index is 922. The van der Waals surface area contributed by atoms with Gasteiger partial charge < -0.3 is 9.80 Å². The first kappa shape index (κ1) is 15.4. The Hall–Kier alpha value is -3.09. The molecule has 0 atom stereocenters. The lowest BCUT2D eigenvalue weighted by atomic mass is 10.3. The summed E-state index contributed by atoms with van der Waals surface area (Å²) in [5, 5.41) is 8.09. The Balaban J connectivity index is 1.68. The summed E-state index contributed by atoms with van der Waals surface area (Å²) in [4.78, 5) is 25.5. The molecule has 25 heavy (non-hydrogen) atoms. The van der Waals surface area contributed by atoms with E-state index in [-0.39, 0.29) is 11.7 Å². The zero-order valence-electron chi connectivity index (χ0n) is 14.0. The monoisotopic (exact) mass is 334 g/mol. The zero-order valence-corrected chi connectivity index (χ0v) is 14.0. The molecule has 0 saturated carbocycles. The second-order valence-electron chi connectivity index (χ2n) is 6.03. The van der Waals surface area contributed by atoms with Gasteiger partial charge in [0.25, 0.3) is 5.91 Å². The van der Waals surface area contributed by atoms with Crippen LogP contribution < -0.4 is 9.80 Å². The fraction of sp³-hybridized carbons (Fsp3) is 0.278. The number of fused-ring (bicyclic) bond motifs is 1. The Morgan fingerprint density at radius 2 is 1.80 bits per heavy atom. The molecular formula is C18H18N6O. The van der Waals surface area contributed by atoms with Crippen LogP contribution in [0.1, 0.15) is 23.5 Å². The second kappa shape index (κ2) is 6.43. The van der Waals surface area contributed by atoms with Crippen molar-refractivity contribution in [2.24, 2.45) is 0 Å². The average molecular weight is 334 g/mol. The van der Waals surface area contributed by atoms with Crippen LogP contribution in [0.25, 0.3) is 11.0 Å². The molecule has 1 aromatic carbocycles. The van der Waals surface area contributed by atoms with Crippen LogP contribution in [0.4, 0.5) is 11.5 Å². The number of carbonyl (C=O) groups excluding carboxylic acids is 1. The summed E-state index contributed by atoms with van der Waals surface area (Å²) in [7, 11) is 1.72. The molecule has 0 N–H and O–H groups in total. The minimum absolute atomic E-state index is 0.0809. The van der Waals surface area contributed by atoms with Gasteiger partial charge in [-0.2, -0.15) is 0 Å². The summed E-state index contributed by atoms with van der Waals surface area (Å²) in [6, 6.07) is 11.1. The van der Waals surface area contributed by atoms with Gasteiger partial charge in [0, 0.05) is 26.3 Å². The van der Waals surface area contributed by atoms with Crippen LogP contribution in [0.5, 0.6) is 0 Å². The number of hydrogen-bond donors (Lipinski definition) is 0. The quantitative estimate of drug-likeness (QED) is 0.731. The van der Waals surface area contributed by atoms with Crippen molar-refractivity contribution in [1.29, 1.82) is 0 Å². The number of amides is 1. The zero-order chi connectivity index (χ0) is 17.2. The smallest absolute Gasteiger partial charge is 0.297 e. The van der Waals surface area contributed by atoms with Gasteiger partial charge in [-0.1, -0.05) is 12.1 Å². The van der Waals surface area contributed by atoms with Gasteiger partial charge >= 0.3 is 0 Å². The fourth-order valence-electron chi connectivity index (χ4n) is 3.05. The van der Waals surface area contributed by atoms with Gasteiger partial charge in [-0.25, -0.2) is 9.97 Å². The van der Waals surface area contributed by atoms with Crippen LogP contribution in [0.3, 0.4) is 0 Å². The van der Waals surface area contributed by atoms with Gasteiger partial charge in [0.2, 0.25) is 5.82 Å². The van der Waals surface area contributed by atoms with Crippen molar-refractivity contribution in [2.75, 3.05) is 29.9 Å². The van der Waals surface area contributed by atoms with E-state index in [2.05, 4.69) is 25.1 Å². The molecule has 126 valence electrons. The predicted octanol–water partition coefficient (Wildman–Crippen LogP) is 2.30. The molecule has 1 saturated heterocycles. The molecule has 0 unspecified atom stereocenters. The Kier molecular flexibility index (Phi) is 3.97. The SMILES string of the molecule is CN(C(=O)c1nnc2ccccc2n1)c1cccnc1N1CCCC1. The summed E-state index contributed by atoms with van der Waals surface area (Å²) >= 11 is 0. The van der Waals surface area contributed by atoms with Crippen LogP contribution >= 0.6 is 0 Å². The first-order valence-electron chi connectivity index (χ1n) is 8.31. The third kappa shape index (κ3) is 2.88.